The van der Waals surface area contributed by atoms with Crippen LogP contribution in [0.5, 0.6) is 11.5 Å². The number of aliphatic hydroxyl groups is 1. The number of unbranched alkanes of at least 4 members (excludes halogenated alkanes) is 1. The van der Waals surface area contributed by atoms with Crippen LogP contribution in [-0.2, 0) is 9.59 Å². The van der Waals surface area contributed by atoms with Crippen LogP contribution in [0.15, 0.2) is 29.5 Å². The molecule has 0 saturated carbocycles. The van der Waals surface area contributed by atoms with E-state index in [0.717, 1.165) is 25.7 Å². The van der Waals surface area contributed by atoms with Crippen LogP contribution in [0.3, 0.4) is 0 Å². The van der Waals surface area contributed by atoms with Gasteiger partial charge in [0.2, 0.25) is 0 Å². The first-order chi connectivity index (χ1) is 13.3. The van der Waals surface area contributed by atoms with Crippen molar-refractivity contribution in [1.82, 2.24) is 4.90 Å². The van der Waals surface area contributed by atoms with Crippen LogP contribution < -0.4 is 4.74 Å². The highest BCUT2D eigenvalue weighted by Gasteiger charge is 2.43. The predicted molar refractivity (Wildman–Crippen MR) is 107 cm³/mol. The molecule has 2 N–H and O–H groups in total. The van der Waals surface area contributed by atoms with Gasteiger partial charge in [0, 0.05) is 6.54 Å². The Morgan fingerprint density at radius 3 is 2.54 bits per heavy atom. The normalized spacial score (nSPS) is 17.9. The molecule has 0 aliphatic carbocycles. The van der Waals surface area contributed by atoms with E-state index < -0.39 is 17.7 Å². The van der Waals surface area contributed by atoms with E-state index >= 15 is 0 Å². The van der Waals surface area contributed by atoms with Crippen LogP contribution in [-0.4, -0.2) is 40.0 Å². The smallest absolute Gasteiger partial charge is 0.290 e. The SMILES string of the molecule is CCCCC(CC)CN1C(=O)C(O)=C(C(C)=O)C1c1ccc(O)c(OCC)c1. The number of Topliss-reactive ketones (excluding diaryl/α,β-unsaturated/α-hetero) is 1. The van der Waals surface area contributed by atoms with E-state index in [1.165, 1.54) is 13.0 Å². The minimum Gasteiger partial charge on any atom is -0.504 e. The zero-order valence-corrected chi connectivity index (χ0v) is 17.2. The lowest BCUT2D eigenvalue weighted by Crippen LogP contribution is -2.35. The molecule has 6 nitrogen and oxygen atoms in total. The highest BCUT2D eigenvalue weighted by atomic mass is 16.5. The first-order valence-electron chi connectivity index (χ1n) is 10.1. The molecule has 1 aliphatic rings. The molecule has 0 fully saturated rings. The number of hydrogen-bond acceptors (Lipinski definition) is 5. The van der Waals surface area contributed by atoms with E-state index in [-0.39, 0.29) is 23.0 Å². The Balaban J connectivity index is 2.46. The molecule has 1 aliphatic heterocycles. The van der Waals surface area contributed by atoms with Gasteiger partial charge in [0.05, 0.1) is 18.2 Å². The maximum absolute atomic E-state index is 12.8. The van der Waals surface area contributed by atoms with Crippen LogP contribution in [0.2, 0.25) is 0 Å². The minimum absolute atomic E-state index is 0.00608. The first kappa shape index (κ1) is 21.8. The van der Waals surface area contributed by atoms with E-state index in [0.29, 0.717) is 24.5 Å². The average molecular weight is 389 g/mol. The van der Waals surface area contributed by atoms with Crippen molar-refractivity contribution >= 4 is 11.7 Å². The third kappa shape index (κ3) is 4.49. The summed E-state index contributed by atoms with van der Waals surface area (Å²) in [6.07, 6.45) is 4.04. The lowest BCUT2D eigenvalue weighted by Gasteiger charge is -2.30. The molecule has 28 heavy (non-hydrogen) atoms. The molecule has 0 saturated heterocycles. The van der Waals surface area contributed by atoms with Gasteiger partial charge in [-0.25, -0.2) is 0 Å². The molecule has 2 rings (SSSR count). The number of phenolic OH excluding ortho intramolecular Hbond substituents is 1. The van der Waals surface area contributed by atoms with Gasteiger partial charge in [-0.2, -0.15) is 0 Å². The molecule has 1 amide bonds. The minimum atomic E-state index is -0.680. The number of benzene rings is 1. The van der Waals surface area contributed by atoms with Gasteiger partial charge in [0.1, 0.15) is 0 Å². The number of carbonyl (C=O) groups is 2. The van der Waals surface area contributed by atoms with E-state index in [2.05, 4.69) is 13.8 Å². The third-order valence-corrected chi connectivity index (χ3v) is 5.28. The van der Waals surface area contributed by atoms with Crippen molar-refractivity contribution in [3.63, 3.8) is 0 Å². The second-order valence-electron chi connectivity index (χ2n) is 7.26. The molecule has 1 aromatic carbocycles. The van der Waals surface area contributed by atoms with Crippen molar-refractivity contribution < 1.29 is 24.5 Å². The second kappa shape index (κ2) is 9.62. The standard InChI is InChI=1S/C22H31NO5/c1-5-8-9-15(6-2)13-23-20(19(14(4)24)21(26)22(23)27)16-10-11-17(25)18(12-16)28-7-3/h10-12,15,20,25-26H,5-9,13H2,1-4H3. The number of aliphatic hydroxyl groups excluding tert-OH is 1. The van der Waals surface area contributed by atoms with Crippen molar-refractivity contribution in [1.29, 1.82) is 0 Å². The summed E-state index contributed by atoms with van der Waals surface area (Å²) >= 11 is 0. The zero-order valence-electron chi connectivity index (χ0n) is 17.2. The quantitative estimate of drug-likeness (QED) is 0.623. The maximum Gasteiger partial charge on any atom is 0.290 e. The molecule has 1 heterocycles. The third-order valence-electron chi connectivity index (χ3n) is 5.28. The summed E-state index contributed by atoms with van der Waals surface area (Å²) in [6.45, 7) is 8.22. The van der Waals surface area contributed by atoms with E-state index in [4.69, 9.17) is 4.74 Å². The molecule has 1 aromatic rings. The van der Waals surface area contributed by atoms with E-state index in [1.54, 1.807) is 17.0 Å². The largest absolute Gasteiger partial charge is 0.504 e. The number of aromatic hydroxyl groups is 1. The van der Waals surface area contributed by atoms with Crippen molar-refractivity contribution in [3.8, 4) is 11.5 Å². The highest BCUT2D eigenvalue weighted by molar-refractivity contribution is 6.08. The number of ketones is 1. The number of hydrogen-bond donors (Lipinski definition) is 2. The van der Waals surface area contributed by atoms with Crippen molar-refractivity contribution in [3.05, 3.63) is 35.1 Å². The summed E-state index contributed by atoms with van der Waals surface area (Å²) in [4.78, 5) is 26.6. The van der Waals surface area contributed by atoms with Gasteiger partial charge >= 0.3 is 0 Å². The lowest BCUT2D eigenvalue weighted by molar-refractivity contribution is -0.130. The van der Waals surface area contributed by atoms with Gasteiger partial charge < -0.3 is 19.8 Å². The van der Waals surface area contributed by atoms with Gasteiger partial charge in [0.25, 0.3) is 5.91 Å². The summed E-state index contributed by atoms with van der Waals surface area (Å²) < 4.78 is 5.46. The summed E-state index contributed by atoms with van der Waals surface area (Å²) in [7, 11) is 0. The molecule has 0 aromatic heterocycles. The number of amides is 1. The highest BCUT2D eigenvalue weighted by Crippen LogP contribution is 2.41. The lowest BCUT2D eigenvalue weighted by atomic mass is 9.94. The Hall–Kier alpha value is -2.50. The predicted octanol–water partition coefficient (Wildman–Crippen LogP) is 4.29. The Labute approximate surface area is 166 Å². The van der Waals surface area contributed by atoms with Gasteiger partial charge in [-0.15, -0.1) is 0 Å². The molecule has 2 unspecified atom stereocenters. The van der Waals surface area contributed by atoms with Crippen LogP contribution in [0.25, 0.3) is 0 Å². The van der Waals surface area contributed by atoms with Crippen molar-refractivity contribution in [2.24, 2.45) is 5.92 Å². The molecule has 0 bridgehead atoms. The van der Waals surface area contributed by atoms with Crippen LogP contribution in [0.1, 0.15) is 65.0 Å². The zero-order chi connectivity index (χ0) is 20.8. The number of ether oxygens (including phenoxy) is 1. The van der Waals surface area contributed by atoms with Gasteiger partial charge in [-0.3, -0.25) is 9.59 Å². The van der Waals surface area contributed by atoms with Crippen LogP contribution >= 0.6 is 0 Å². The van der Waals surface area contributed by atoms with Gasteiger partial charge in [0.15, 0.2) is 23.0 Å². The summed E-state index contributed by atoms with van der Waals surface area (Å²) in [6, 6.07) is 4.11. The second-order valence-corrected chi connectivity index (χ2v) is 7.26. The average Bonchev–Trinajstić information content (AvgIpc) is 2.91. The Morgan fingerprint density at radius 1 is 1.25 bits per heavy atom. The number of nitrogens with zero attached hydrogens (tertiary/aromatic N) is 1. The van der Waals surface area contributed by atoms with Gasteiger partial charge in [-0.1, -0.05) is 39.2 Å². The first-order valence-corrected chi connectivity index (χ1v) is 10.1. The number of rotatable bonds is 10. The fourth-order valence-corrected chi connectivity index (χ4v) is 3.72. The summed E-state index contributed by atoms with van der Waals surface area (Å²) in [5.41, 5.74) is 0.734. The molecule has 2 atom stereocenters. The summed E-state index contributed by atoms with van der Waals surface area (Å²) in [5, 5.41) is 20.4. The molecule has 154 valence electrons. The monoisotopic (exact) mass is 389 g/mol. The van der Waals surface area contributed by atoms with E-state index in [9.17, 15) is 19.8 Å². The Morgan fingerprint density at radius 2 is 1.96 bits per heavy atom. The number of carbonyl (C=O) groups excluding carboxylic acids is 2. The molecule has 6 heteroatoms. The Bertz CT molecular complexity index is 755. The van der Waals surface area contributed by atoms with Crippen LogP contribution in [0.4, 0.5) is 0 Å². The molecule has 0 radical (unpaired) electrons. The Kier molecular flexibility index (Phi) is 7.49. The maximum atomic E-state index is 12.8. The molecular formula is C22H31NO5. The number of phenols is 1. The fraction of sp³-hybridized carbons (Fsp3) is 0.545. The topological polar surface area (TPSA) is 87.1 Å². The summed E-state index contributed by atoms with van der Waals surface area (Å²) in [5.74, 6) is -0.766. The van der Waals surface area contributed by atoms with Crippen molar-refractivity contribution in [2.45, 2.75) is 59.4 Å². The molecule has 0 spiro atoms. The van der Waals surface area contributed by atoms with Crippen molar-refractivity contribution in [2.75, 3.05) is 13.2 Å². The van der Waals surface area contributed by atoms with Crippen LogP contribution in [0, 0.1) is 5.92 Å². The van der Waals surface area contributed by atoms with Gasteiger partial charge in [-0.05, 0) is 43.9 Å². The van der Waals surface area contributed by atoms with E-state index in [1.807, 2.05) is 6.92 Å². The fourth-order valence-electron chi connectivity index (χ4n) is 3.72. The molecular weight excluding hydrogens is 358 g/mol.